The number of nitrogens with zero attached hydrogens (tertiary/aromatic N) is 3. The van der Waals surface area contributed by atoms with Crippen molar-refractivity contribution in [2.75, 3.05) is 0 Å². The average molecular weight is 307 g/mol. The lowest BCUT2D eigenvalue weighted by Crippen LogP contribution is -2.25. The predicted octanol–water partition coefficient (Wildman–Crippen LogP) is 2.96. The van der Waals surface area contributed by atoms with Crippen LogP contribution < -0.4 is 5.56 Å². The van der Waals surface area contributed by atoms with E-state index in [-0.39, 0.29) is 17.2 Å². The van der Waals surface area contributed by atoms with E-state index >= 15 is 0 Å². The zero-order valence-corrected chi connectivity index (χ0v) is 12.6. The molecule has 0 fully saturated rings. The highest BCUT2D eigenvalue weighted by molar-refractivity contribution is 5.78. The number of aromatic nitrogens is 2. The molecule has 0 spiro atoms. The molecule has 0 amide bonds. The van der Waals surface area contributed by atoms with E-state index in [2.05, 4.69) is 4.98 Å². The Morgan fingerprint density at radius 3 is 2.65 bits per heavy atom. The number of rotatable bonds is 3. The fraction of sp³-hybridized carbons (Fsp3) is 0.167. The van der Waals surface area contributed by atoms with Gasteiger partial charge in [0.1, 0.15) is 11.9 Å². The number of fused-ring (bicyclic) bond motifs is 1. The minimum atomic E-state index is -0.300. The highest BCUT2D eigenvalue weighted by atomic mass is 19.1. The Morgan fingerprint density at radius 2 is 1.96 bits per heavy atom. The molecule has 0 saturated carbocycles. The van der Waals surface area contributed by atoms with Crippen LogP contribution in [0.15, 0.2) is 47.3 Å². The summed E-state index contributed by atoms with van der Waals surface area (Å²) >= 11 is 0. The quantitative estimate of drug-likeness (QED) is 0.747. The zero-order valence-electron chi connectivity index (χ0n) is 12.6. The van der Waals surface area contributed by atoms with Gasteiger partial charge in [-0.1, -0.05) is 18.2 Å². The molecule has 0 saturated heterocycles. The molecule has 3 aromatic rings. The number of aryl methyl sites for hydroxylation is 2. The molecular formula is C18H14FN3O. The Kier molecular flexibility index (Phi) is 3.90. The van der Waals surface area contributed by atoms with Crippen LogP contribution in [0.25, 0.3) is 10.9 Å². The molecule has 0 aliphatic rings. The van der Waals surface area contributed by atoms with Crippen LogP contribution in [0.1, 0.15) is 17.0 Å². The summed E-state index contributed by atoms with van der Waals surface area (Å²) in [6.07, 6.45) is 0.522. The number of benzene rings is 2. The Balaban J connectivity index is 2.01. The lowest BCUT2D eigenvalue weighted by Gasteiger charge is -2.09. The molecule has 0 unspecified atom stereocenters. The van der Waals surface area contributed by atoms with Gasteiger partial charge in [0.05, 0.1) is 10.9 Å². The van der Waals surface area contributed by atoms with Gasteiger partial charge >= 0.3 is 0 Å². The maximum Gasteiger partial charge on any atom is 0.262 e. The Bertz CT molecular complexity index is 968. The van der Waals surface area contributed by atoms with Crippen LogP contribution in [0.3, 0.4) is 0 Å². The monoisotopic (exact) mass is 307 g/mol. The summed E-state index contributed by atoms with van der Waals surface area (Å²) in [7, 11) is 0. The first-order valence-corrected chi connectivity index (χ1v) is 7.24. The van der Waals surface area contributed by atoms with Gasteiger partial charge in [-0.2, -0.15) is 5.26 Å². The highest BCUT2D eigenvalue weighted by Crippen LogP contribution is 2.12. The Hall–Kier alpha value is -3.00. The highest BCUT2D eigenvalue weighted by Gasteiger charge is 2.11. The fourth-order valence-electron chi connectivity index (χ4n) is 2.52. The molecule has 0 radical (unpaired) electrons. The summed E-state index contributed by atoms with van der Waals surface area (Å²) in [6.45, 7) is 2.23. The molecule has 0 atom stereocenters. The fourth-order valence-corrected chi connectivity index (χ4v) is 2.52. The molecule has 0 bridgehead atoms. The van der Waals surface area contributed by atoms with E-state index in [1.165, 1.54) is 16.7 Å². The van der Waals surface area contributed by atoms with Crippen LogP contribution in [0.2, 0.25) is 0 Å². The van der Waals surface area contributed by atoms with Gasteiger partial charge in [-0.3, -0.25) is 9.36 Å². The lowest BCUT2D eigenvalue weighted by atomic mass is 10.1. The van der Waals surface area contributed by atoms with Crippen molar-refractivity contribution >= 4 is 10.9 Å². The van der Waals surface area contributed by atoms with Gasteiger partial charge in [0.2, 0.25) is 5.82 Å². The molecule has 114 valence electrons. The minimum Gasteiger partial charge on any atom is -0.283 e. The summed E-state index contributed by atoms with van der Waals surface area (Å²) < 4.78 is 14.3. The van der Waals surface area contributed by atoms with Gasteiger partial charge < -0.3 is 0 Å². The largest absolute Gasteiger partial charge is 0.283 e. The van der Waals surface area contributed by atoms with Gasteiger partial charge in [0.15, 0.2) is 0 Å². The van der Waals surface area contributed by atoms with E-state index in [1.807, 2.05) is 19.1 Å². The van der Waals surface area contributed by atoms with Gasteiger partial charge in [0, 0.05) is 6.54 Å². The van der Waals surface area contributed by atoms with Gasteiger partial charge in [-0.15, -0.1) is 0 Å². The van der Waals surface area contributed by atoms with Crippen LogP contribution in [0.5, 0.6) is 0 Å². The number of hydrogen-bond donors (Lipinski definition) is 0. The van der Waals surface area contributed by atoms with Crippen molar-refractivity contribution in [3.8, 4) is 6.07 Å². The molecule has 2 aromatic carbocycles. The normalized spacial score (nSPS) is 10.7. The molecule has 3 rings (SSSR count). The number of hydrogen-bond acceptors (Lipinski definition) is 3. The van der Waals surface area contributed by atoms with E-state index in [4.69, 9.17) is 0 Å². The smallest absolute Gasteiger partial charge is 0.262 e. The van der Waals surface area contributed by atoms with Crippen LogP contribution in [0.4, 0.5) is 4.39 Å². The molecule has 0 aliphatic heterocycles. The first kappa shape index (κ1) is 14.9. The van der Waals surface area contributed by atoms with Crippen molar-refractivity contribution in [1.29, 1.82) is 5.26 Å². The summed E-state index contributed by atoms with van der Waals surface area (Å²) in [5.41, 5.74) is 2.18. The molecule has 1 heterocycles. The molecule has 0 N–H and O–H groups in total. The maximum absolute atomic E-state index is 12.9. The number of nitriles is 1. The first-order chi connectivity index (χ1) is 11.1. The molecular weight excluding hydrogens is 293 g/mol. The van der Waals surface area contributed by atoms with Gasteiger partial charge in [0.25, 0.3) is 5.56 Å². The van der Waals surface area contributed by atoms with Crippen LogP contribution in [-0.2, 0) is 13.0 Å². The first-order valence-electron chi connectivity index (χ1n) is 7.24. The van der Waals surface area contributed by atoms with Gasteiger partial charge in [-0.05, 0) is 48.7 Å². The van der Waals surface area contributed by atoms with Crippen LogP contribution in [-0.4, -0.2) is 9.55 Å². The molecule has 23 heavy (non-hydrogen) atoms. The van der Waals surface area contributed by atoms with Crippen LogP contribution in [0, 0.1) is 24.1 Å². The second-order valence-corrected chi connectivity index (χ2v) is 5.40. The standard InChI is InChI=1S/C18H14FN3O/c1-12-2-7-15-16(10-12)21-17(11-20)22(18(15)23)9-8-13-3-5-14(19)6-4-13/h2-7,10H,8-9H2,1H3. The molecule has 5 heteroatoms. The van der Waals surface area contributed by atoms with Crippen molar-refractivity contribution < 1.29 is 4.39 Å². The molecule has 4 nitrogen and oxygen atoms in total. The second kappa shape index (κ2) is 6.01. The van der Waals surface area contributed by atoms with E-state index in [1.54, 1.807) is 24.3 Å². The summed E-state index contributed by atoms with van der Waals surface area (Å²) in [4.78, 5) is 16.9. The van der Waals surface area contributed by atoms with E-state index < -0.39 is 0 Å². The van der Waals surface area contributed by atoms with E-state index in [9.17, 15) is 14.4 Å². The summed E-state index contributed by atoms with van der Waals surface area (Å²) in [5, 5.41) is 9.78. The Labute approximate surface area is 132 Å². The summed E-state index contributed by atoms with van der Waals surface area (Å²) in [6, 6.07) is 13.5. The third-order valence-corrected chi connectivity index (χ3v) is 3.75. The Morgan fingerprint density at radius 1 is 1.22 bits per heavy atom. The summed E-state index contributed by atoms with van der Waals surface area (Å²) in [5.74, 6) is -0.207. The van der Waals surface area contributed by atoms with Crippen molar-refractivity contribution in [3.63, 3.8) is 0 Å². The van der Waals surface area contributed by atoms with Crippen molar-refractivity contribution in [1.82, 2.24) is 9.55 Å². The lowest BCUT2D eigenvalue weighted by molar-refractivity contribution is 0.623. The SMILES string of the molecule is Cc1ccc2c(=O)n(CCc3ccc(F)cc3)c(C#N)nc2c1. The maximum atomic E-state index is 12.9. The van der Waals surface area contributed by atoms with Crippen molar-refractivity contribution in [3.05, 3.63) is 75.6 Å². The van der Waals surface area contributed by atoms with Crippen LogP contribution >= 0.6 is 0 Å². The third kappa shape index (κ3) is 2.97. The predicted molar refractivity (Wildman–Crippen MR) is 85.6 cm³/mol. The molecule has 1 aromatic heterocycles. The average Bonchev–Trinajstić information content (AvgIpc) is 2.55. The van der Waals surface area contributed by atoms with Crippen molar-refractivity contribution in [2.45, 2.75) is 19.9 Å². The second-order valence-electron chi connectivity index (χ2n) is 5.40. The minimum absolute atomic E-state index is 0.0928. The van der Waals surface area contributed by atoms with Crippen molar-refractivity contribution in [2.24, 2.45) is 0 Å². The van der Waals surface area contributed by atoms with E-state index in [0.29, 0.717) is 23.9 Å². The van der Waals surface area contributed by atoms with E-state index in [0.717, 1.165) is 11.1 Å². The molecule has 0 aliphatic carbocycles. The topological polar surface area (TPSA) is 58.7 Å². The zero-order chi connectivity index (χ0) is 16.4. The number of halogens is 1. The third-order valence-electron chi connectivity index (χ3n) is 3.75. The van der Waals surface area contributed by atoms with Gasteiger partial charge in [-0.25, -0.2) is 9.37 Å².